The van der Waals surface area contributed by atoms with Crippen LogP contribution in [0.1, 0.15) is 0 Å². The molecule has 0 aliphatic heterocycles. The van der Waals surface area contributed by atoms with Gasteiger partial charge >= 0.3 is 0 Å². The minimum atomic E-state index is -1.34. The van der Waals surface area contributed by atoms with Crippen molar-refractivity contribution in [2.45, 2.75) is 0 Å². The second-order valence-electron chi connectivity index (χ2n) is 1.42. The molecule has 0 atom stereocenters. The van der Waals surface area contributed by atoms with Gasteiger partial charge in [-0.05, 0) is 6.07 Å². The molecule has 1 rings (SSSR count). The molecule has 0 radical (unpaired) electrons. The van der Waals surface area contributed by atoms with Crippen molar-refractivity contribution >= 4 is 11.8 Å². The Morgan fingerprint density at radius 3 is 3.00 bits per heavy atom. The summed E-state index contributed by atoms with van der Waals surface area (Å²) >= 11 is 0. The Labute approximate surface area is 51.1 Å². The predicted octanol–water partition coefficient (Wildman–Crippen LogP) is 0.0348. The molecule has 0 spiro atoms. The Hall–Kier alpha value is -1.45. The average Bonchev–Trinajstić information content (AvgIpc) is 2.15. The summed E-state index contributed by atoms with van der Waals surface area (Å²) in [6.45, 7) is 0. The number of nitrogens with one attached hydrogen (secondary N) is 1. The Kier molecular flexibility index (Phi) is 1.40. The summed E-state index contributed by atoms with van der Waals surface area (Å²) in [4.78, 5) is 9.80. The minimum absolute atomic E-state index is 0.384. The maximum absolute atomic E-state index is 9.80. The summed E-state index contributed by atoms with van der Waals surface area (Å²) in [5.74, 6) is 0. The zero-order chi connectivity index (χ0) is 6.69. The van der Waals surface area contributed by atoms with E-state index in [9.17, 15) is 9.90 Å². The van der Waals surface area contributed by atoms with Gasteiger partial charge in [0.15, 0.2) is 0 Å². The molecule has 0 saturated carbocycles. The summed E-state index contributed by atoms with van der Waals surface area (Å²) < 4.78 is 4.56. The number of rotatable bonds is 1. The minimum Gasteiger partial charge on any atom is -0.530 e. The van der Waals surface area contributed by atoms with Crippen LogP contribution in [0.5, 0.6) is 0 Å². The van der Waals surface area contributed by atoms with E-state index in [1.165, 1.54) is 18.6 Å². The van der Waals surface area contributed by atoms with Crippen LogP contribution >= 0.6 is 0 Å². The van der Waals surface area contributed by atoms with E-state index in [2.05, 4.69) is 4.42 Å². The van der Waals surface area contributed by atoms with Crippen molar-refractivity contribution in [1.29, 1.82) is 0 Å². The molecule has 1 N–H and O–H groups in total. The van der Waals surface area contributed by atoms with Gasteiger partial charge in [-0.25, -0.2) is 0 Å². The number of hydrogen-bond donors (Lipinski definition) is 1. The third-order valence-corrected chi connectivity index (χ3v) is 0.768. The molecule has 0 saturated heterocycles. The Morgan fingerprint density at radius 1 is 1.78 bits per heavy atom. The van der Waals surface area contributed by atoms with Crippen molar-refractivity contribution in [2.75, 3.05) is 5.32 Å². The number of anilines is 1. The maximum Gasteiger partial charge on any atom is 0.138 e. The molecule has 48 valence electrons. The highest BCUT2D eigenvalue weighted by Gasteiger charge is 1.88. The summed E-state index contributed by atoms with van der Waals surface area (Å²) in [6.07, 6.45) is 1.30. The summed E-state index contributed by atoms with van der Waals surface area (Å²) in [7, 11) is 0. The highest BCUT2D eigenvalue weighted by atomic mass is 16.4. The van der Waals surface area contributed by atoms with Crippen LogP contribution < -0.4 is 10.4 Å². The molecule has 0 aliphatic carbocycles. The second-order valence-corrected chi connectivity index (χ2v) is 1.42. The van der Waals surface area contributed by atoms with Gasteiger partial charge in [0.1, 0.15) is 12.4 Å². The van der Waals surface area contributed by atoms with Crippen molar-refractivity contribution in [3.8, 4) is 0 Å². The number of amides is 1. The van der Waals surface area contributed by atoms with Crippen LogP contribution in [-0.4, -0.2) is 6.09 Å². The van der Waals surface area contributed by atoms with Gasteiger partial charge in [-0.15, -0.1) is 0 Å². The van der Waals surface area contributed by atoms with Gasteiger partial charge in [0.25, 0.3) is 0 Å². The van der Waals surface area contributed by atoms with Crippen LogP contribution in [0, 0.1) is 0 Å². The van der Waals surface area contributed by atoms with Gasteiger partial charge in [0.2, 0.25) is 0 Å². The Balaban J connectivity index is 2.58. The molecule has 1 heterocycles. The summed E-state index contributed by atoms with van der Waals surface area (Å²) in [6, 6.07) is 1.48. The fourth-order valence-corrected chi connectivity index (χ4v) is 0.453. The van der Waals surface area contributed by atoms with Crippen LogP contribution in [0.3, 0.4) is 0 Å². The van der Waals surface area contributed by atoms with Crippen molar-refractivity contribution in [2.24, 2.45) is 0 Å². The first kappa shape index (κ1) is 5.68. The lowest BCUT2D eigenvalue weighted by molar-refractivity contribution is -0.242. The number of furan rings is 1. The molecule has 0 fully saturated rings. The fourth-order valence-electron chi connectivity index (χ4n) is 0.453. The van der Waals surface area contributed by atoms with E-state index in [1.807, 2.05) is 5.32 Å². The van der Waals surface area contributed by atoms with Gasteiger partial charge in [0.05, 0.1) is 12.0 Å². The first-order chi connectivity index (χ1) is 4.29. The predicted molar refractivity (Wildman–Crippen MR) is 27.7 cm³/mol. The first-order valence-electron chi connectivity index (χ1n) is 2.29. The van der Waals surface area contributed by atoms with Crippen LogP contribution in [0.15, 0.2) is 23.0 Å². The van der Waals surface area contributed by atoms with Crippen molar-refractivity contribution in [3.05, 3.63) is 18.6 Å². The van der Waals surface area contributed by atoms with Crippen LogP contribution in [0.2, 0.25) is 0 Å². The summed E-state index contributed by atoms with van der Waals surface area (Å²) in [5, 5.41) is 11.8. The summed E-state index contributed by atoms with van der Waals surface area (Å²) in [5.41, 5.74) is 0.384. The highest BCUT2D eigenvalue weighted by Crippen LogP contribution is 2.04. The van der Waals surface area contributed by atoms with E-state index >= 15 is 0 Å². The molecule has 1 aromatic rings. The SMILES string of the molecule is O=C([O-])Nc1ccoc1. The lowest BCUT2D eigenvalue weighted by Gasteiger charge is -1.99. The molecule has 1 amide bonds. The van der Waals surface area contributed by atoms with Gasteiger partial charge in [0, 0.05) is 0 Å². The molecule has 0 bridgehead atoms. The monoisotopic (exact) mass is 126 g/mol. The third-order valence-electron chi connectivity index (χ3n) is 0.768. The standard InChI is InChI=1S/C5H5NO3/c7-5(8)6-4-1-2-9-3-4/h1-3,6H,(H,7,8)/p-1. The second kappa shape index (κ2) is 2.21. The lowest BCUT2D eigenvalue weighted by Crippen LogP contribution is -2.28. The molecular weight excluding hydrogens is 122 g/mol. The van der Waals surface area contributed by atoms with Gasteiger partial charge in [-0.3, -0.25) is 0 Å². The highest BCUT2D eigenvalue weighted by molar-refractivity contribution is 5.80. The lowest BCUT2D eigenvalue weighted by atomic mass is 10.5. The van der Waals surface area contributed by atoms with E-state index in [4.69, 9.17) is 0 Å². The fraction of sp³-hybridized carbons (Fsp3) is 0. The smallest absolute Gasteiger partial charge is 0.138 e. The molecule has 0 aliphatic rings. The normalized spacial score (nSPS) is 8.89. The zero-order valence-electron chi connectivity index (χ0n) is 4.46. The van der Waals surface area contributed by atoms with E-state index in [-0.39, 0.29) is 0 Å². The Morgan fingerprint density at radius 2 is 2.56 bits per heavy atom. The van der Waals surface area contributed by atoms with Gasteiger partial charge < -0.3 is 19.6 Å². The van der Waals surface area contributed by atoms with E-state index < -0.39 is 6.09 Å². The van der Waals surface area contributed by atoms with Crippen molar-refractivity contribution in [1.82, 2.24) is 0 Å². The first-order valence-corrected chi connectivity index (χ1v) is 2.29. The number of carboxylic acid groups (broad SMARTS) is 1. The zero-order valence-corrected chi connectivity index (χ0v) is 4.46. The molecule has 0 unspecified atom stereocenters. The molecule has 4 nitrogen and oxygen atoms in total. The number of hydrogen-bond acceptors (Lipinski definition) is 3. The van der Waals surface area contributed by atoms with E-state index in [0.717, 1.165) is 0 Å². The maximum atomic E-state index is 9.80. The molecule has 4 heteroatoms. The van der Waals surface area contributed by atoms with Crippen molar-refractivity contribution < 1.29 is 14.3 Å². The molecule has 9 heavy (non-hydrogen) atoms. The quantitative estimate of drug-likeness (QED) is 0.577. The molecule has 1 aromatic heterocycles. The van der Waals surface area contributed by atoms with Gasteiger partial charge in [-0.1, -0.05) is 0 Å². The van der Waals surface area contributed by atoms with E-state index in [0.29, 0.717) is 5.69 Å². The molecular formula is C5H4NO3-. The number of carbonyl (C=O) groups excluding carboxylic acids is 1. The van der Waals surface area contributed by atoms with Crippen LogP contribution in [-0.2, 0) is 0 Å². The van der Waals surface area contributed by atoms with Crippen molar-refractivity contribution in [3.63, 3.8) is 0 Å². The Bertz CT molecular complexity index is 192. The third kappa shape index (κ3) is 1.49. The molecule has 0 aromatic carbocycles. The largest absolute Gasteiger partial charge is 0.530 e. The average molecular weight is 126 g/mol. The van der Waals surface area contributed by atoms with Crippen LogP contribution in [0.4, 0.5) is 10.5 Å². The topological polar surface area (TPSA) is 65.3 Å². The van der Waals surface area contributed by atoms with Gasteiger partial charge in [-0.2, -0.15) is 0 Å². The van der Waals surface area contributed by atoms with E-state index in [1.54, 1.807) is 0 Å². The van der Waals surface area contributed by atoms with Crippen LogP contribution in [0.25, 0.3) is 0 Å². The number of carbonyl (C=O) groups is 1.